The van der Waals surface area contributed by atoms with E-state index in [9.17, 15) is 4.79 Å². The van der Waals surface area contributed by atoms with E-state index >= 15 is 0 Å². The highest BCUT2D eigenvalue weighted by Gasteiger charge is 2.26. The predicted molar refractivity (Wildman–Crippen MR) is 60.7 cm³/mol. The second-order valence-corrected chi connectivity index (χ2v) is 4.05. The zero-order chi connectivity index (χ0) is 10.7. The first-order valence-electron chi connectivity index (χ1n) is 5.62. The summed E-state index contributed by atoms with van der Waals surface area (Å²) in [6, 6.07) is 10.6. The highest BCUT2D eigenvalue weighted by molar-refractivity contribution is 5.80. The minimum atomic E-state index is 0.303. The second kappa shape index (κ2) is 4.58. The number of hydrogen-bond donors (Lipinski definition) is 0. The summed E-state index contributed by atoms with van der Waals surface area (Å²) in [5, 5.41) is 0. The third-order valence-electron chi connectivity index (χ3n) is 3.13. The van der Waals surface area contributed by atoms with Crippen LogP contribution in [-0.4, -0.2) is 23.8 Å². The number of carbonyl (C=O) groups is 1. The standard InChI is InChI=1S/C13H17NO/c1-2-14-9-8-12(15)10-13(14)11-6-4-3-5-7-11/h3-7,13H,2,8-10H2,1H3. The van der Waals surface area contributed by atoms with Gasteiger partial charge in [0.2, 0.25) is 0 Å². The van der Waals surface area contributed by atoms with Crippen molar-refractivity contribution in [1.29, 1.82) is 0 Å². The van der Waals surface area contributed by atoms with Gasteiger partial charge in [-0.15, -0.1) is 0 Å². The van der Waals surface area contributed by atoms with Gasteiger partial charge in [-0.1, -0.05) is 37.3 Å². The van der Waals surface area contributed by atoms with Crippen molar-refractivity contribution < 1.29 is 4.79 Å². The van der Waals surface area contributed by atoms with Crippen LogP contribution in [-0.2, 0) is 4.79 Å². The zero-order valence-corrected chi connectivity index (χ0v) is 9.15. The topological polar surface area (TPSA) is 20.3 Å². The van der Waals surface area contributed by atoms with Crippen LogP contribution in [0, 0.1) is 0 Å². The van der Waals surface area contributed by atoms with Crippen LogP contribution in [0.4, 0.5) is 0 Å². The van der Waals surface area contributed by atoms with E-state index in [4.69, 9.17) is 0 Å². The first-order chi connectivity index (χ1) is 7.31. The van der Waals surface area contributed by atoms with Gasteiger partial charge in [-0.25, -0.2) is 0 Å². The molecule has 0 N–H and O–H groups in total. The Kier molecular flexibility index (Phi) is 3.17. The van der Waals surface area contributed by atoms with Crippen molar-refractivity contribution >= 4 is 5.78 Å². The summed E-state index contributed by atoms with van der Waals surface area (Å²) in [7, 11) is 0. The molecular formula is C13H17NO. The zero-order valence-electron chi connectivity index (χ0n) is 9.15. The number of benzene rings is 1. The first kappa shape index (κ1) is 10.4. The summed E-state index contributed by atoms with van der Waals surface area (Å²) in [5.41, 5.74) is 1.27. The van der Waals surface area contributed by atoms with Crippen molar-refractivity contribution in [3.05, 3.63) is 35.9 Å². The SMILES string of the molecule is CCN1CCC(=O)CC1c1ccccc1. The van der Waals surface area contributed by atoms with Crippen molar-refractivity contribution in [1.82, 2.24) is 4.90 Å². The van der Waals surface area contributed by atoms with Crippen molar-refractivity contribution in [2.45, 2.75) is 25.8 Å². The number of ketones is 1. The van der Waals surface area contributed by atoms with E-state index in [-0.39, 0.29) is 0 Å². The molecule has 1 heterocycles. The minimum Gasteiger partial charge on any atom is -0.300 e. The van der Waals surface area contributed by atoms with Gasteiger partial charge in [0.05, 0.1) is 0 Å². The average molecular weight is 203 g/mol. The molecule has 1 fully saturated rings. The lowest BCUT2D eigenvalue weighted by molar-refractivity contribution is -0.123. The molecule has 0 radical (unpaired) electrons. The lowest BCUT2D eigenvalue weighted by Crippen LogP contribution is -2.36. The molecule has 0 aliphatic carbocycles. The number of carbonyl (C=O) groups excluding carboxylic acids is 1. The Morgan fingerprint density at radius 1 is 1.33 bits per heavy atom. The maximum atomic E-state index is 11.5. The fourth-order valence-corrected chi connectivity index (χ4v) is 2.25. The molecular weight excluding hydrogens is 186 g/mol. The van der Waals surface area contributed by atoms with E-state index in [1.807, 2.05) is 18.2 Å². The molecule has 2 rings (SSSR count). The Labute approximate surface area is 90.9 Å². The average Bonchev–Trinajstić information content (AvgIpc) is 2.30. The maximum absolute atomic E-state index is 11.5. The Morgan fingerprint density at radius 2 is 2.07 bits per heavy atom. The van der Waals surface area contributed by atoms with E-state index < -0.39 is 0 Å². The highest BCUT2D eigenvalue weighted by atomic mass is 16.1. The summed E-state index contributed by atoms with van der Waals surface area (Å²) in [4.78, 5) is 13.9. The smallest absolute Gasteiger partial charge is 0.136 e. The maximum Gasteiger partial charge on any atom is 0.136 e. The third kappa shape index (κ3) is 2.26. The molecule has 1 aliphatic rings. The highest BCUT2D eigenvalue weighted by Crippen LogP contribution is 2.28. The van der Waals surface area contributed by atoms with Gasteiger partial charge in [-0.2, -0.15) is 0 Å². The third-order valence-corrected chi connectivity index (χ3v) is 3.13. The monoisotopic (exact) mass is 203 g/mol. The first-order valence-corrected chi connectivity index (χ1v) is 5.62. The summed E-state index contributed by atoms with van der Waals surface area (Å²) in [5.74, 6) is 0.397. The number of Topliss-reactive ketones (excluding diaryl/α,β-unsaturated/α-hetero) is 1. The lowest BCUT2D eigenvalue weighted by Gasteiger charge is -2.34. The Bertz CT molecular complexity index is 334. The molecule has 1 unspecified atom stereocenters. The molecule has 0 bridgehead atoms. The number of hydrogen-bond acceptors (Lipinski definition) is 2. The number of likely N-dealkylation sites (tertiary alicyclic amines) is 1. The molecule has 1 aromatic rings. The molecule has 80 valence electrons. The van der Waals surface area contributed by atoms with Crippen molar-refractivity contribution in [2.75, 3.05) is 13.1 Å². The van der Waals surface area contributed by atoms with Crippen molar-refractivity contribution in [3.63, 3.8) is 0 Å². The Morgan fingerprint density at radius 3 is 2.73 bits per heavy atom. The Hall–Kier alpha value is -1.15. The van der Waals surface area contributed by atoms with Crippen LogP contribution in [0.3, 0.4) is 0 Å². The molecule has 1 aromatic carbocycles. The molecule has 2 nitrogen and oxygen atoms in total. The van der Waals surface area contributed by atoms with E-state index in [2.05, 4.69) is 24.0 Å². The van der Waals surface area contributed by atoms with E-state index in [1.54, 1.807) is 0 Å². The van der Waals surface area contributed by atoms with Gasteiger partial charge < -0.3 is 0 Å². The molecule has 2 heteroatoms. The molecule has 0 saturated carbocycles. The van der Waals surface area contributed by atoms with Crippen molar-refractivity contribution in [2.24, 2.45) is 0 Å². The van der Waals surface area contributed by atoms with Crippen LogP contribution >= 0.6 is 0 Å². The summed E-state index contributed by atoms with van der Waals surface area (Å²) >= 11 is 0. The van der Waals surface area contributed by atoms with Crippen LogP contribution in [0.25, 0.3) is 0 Å². The number of nitrogens with zero attached hydrogens (tertiary/aromatic N) is 1. The number of piperidine rings is 1. The van der Waals surface area contributed by atoms with Crippen LogP contribution in [0.1, 0.15) is 31.4 Å². The van der Waals surface area contributed by atoms with Crippen molar-refractivity contribution in [3.8, 4) is 0 Å². The fraction of sp³-hybridized carbons (Fsp3) is 0.462. The van der Waals surface area contributed by atoms with Gasteiger partial charge in [0.25, 0.3) is 0 Å². The second-order valence-electron chi connectivity index (χ2n) is 4.05. The molecule has 15 heavy (non-hydrogen) atoms. The minimum absolute atomic E-state index is 0.303. The summed E-state index contributed by atoms with van der Waals surface area (Å²) in [6.45, 7) is 4.09. The molecule has 1 saturated heterocycles. The van der Waals surface area contributed by atoms with Crippen LogP contribution in [0.2, 0.25) is 0 Å². The fourth-order valence-electron chi connectivity index (χ4n) is 2.25. The molecule has 0 amide bonds. The van der Waals surface area contributed by atoms with Crippen LogP contribution < -0.4 is 0 Å². The van der Waals surface area contributed by atoms with E-state index in [0.717, 1.165) is 19.5 Å². The Balaban J connectivity index is 2.21. The van der Waals surface area contributed by atoms with Gasteiger partial charge in [0, 0.05) is 25.4 Å². The van der Waals surface area contributed by atoms with Gasteiger partial charge in [-0.3, -0.25) is 9.69 Å². The summed E-state index contributed by atoms with van der Waals surface area (Å²) in [6.07, 6.45) is 1.40. The van der Waals surface area contributed by atoms with Crippen LogP contribution in [0.15, 0.2) is 30.3 Å². The van der Waals surface area contributed by atoms with E-state index in [1.165, 1.54) is 5.56 Å². The van der Waals surface area contributed by atoms with Gasteiger partial charge in [0.1, 0.15) is 5.78 Å². The van der Waals surface area contributed by atoms with Crippen LogP contribution in [0.5, 0.6) is 0 Å². The normalized spacial score (nSPS) is 23.0. The molecule has 1 aliphatic heterocycles. The lowest BCUT2D eigenvalue weighted by atomic mass is 9.94. The predicted octanol–water partition coefficient (Wildman–Crippen LogP) is 2.41. The van der Waals surface area contributed by atoms with Gasteiger partial charge in [-0.05, 0) is 12.1 Å². The summed E-state index contributed by atoms with van der Waals surface area (Å²) < 4.78 is 0. The molecule has 0 spiro atoms. The van der Waals surface area contributed by atoms with E-state index in [0.29, 0.717) is 18.2 Å². The largest absolute Gasteiger partial charge is 0.300 e. The quantitative estimate of drug-likeness (QED) is 0.735. The number of rotatable bonds is 2. The molecule has 1 atom stereocenters. The molecule has 0 aromatic heterocycles. The van der Waals surface area contributed by atoms with Gasteiger partial charge >= 0.3 is 0 Å². The van der Waals surface area contributed by atoms with Gasteiger partial charge in [0.15, 0.2) is 0 Å².